The molecule has 0 bridgehead atoms. The van der Waals surface area contributed by atoms with Crippen molar-refractivity contribution < 1.29 is 9.63 Å². The maximum atomic E-state index is 12.2. The van der Waals surface area contributed by atoms with Gasteiger partial charge in [0.1, 0.15) is 0 Å². The maximum Gasteiger partial charge on any atom is 0.277 e. The van der Waals surface area contributed by atoms with Crippen molar-refractivity contribution in [3.63, 3.8) is 0 Å². The van der Waals surface area contributed by atoms with Crippen molar-refractivity contribution in [2.75, 3.05) is 14.2 Å². The number of pyridine rings is 1. The average molecular weight is 309 g/mol. The Bertz CT molecular complexity index is 613. The van der Waals surface area contributed by atoms with Crippen LogP contribution in [0, 0.1) is 6.92 Å². The SMILES string of the molecule is CON(C)C(=O)c1cc(C)nc2ccc(Br)cc12. The smallest absolute Gasteiger partial charge is 0.274 e. The van der Waals surface area contributed by atoms with Gasteiger partial charge in [0.25, 0.3) is 5.91 Å². The summed E-state index contributed by atoms with van der Waals surface area (Å²) in [5, 5.41) is 2.01. The van der Waals surface area contributed by atoms with E-state index in [2.05, 4.69) is 20.9 Å². The lowest BCUT2D eigenvalue weighted by atomic mass is 10.1. The highest BCUT2D eigenvalue weighted by Gasteiger charge is 2.16. The molecule has 1 amide bonds. The number of hydrogen-bond donors (Lipinski definition) is 0. The van der Waals surface area contributed by atoms with E-state index in [0.29, 0.717) is 5.56 Å². The number of amides is 1. The number of aryl methyl sites for hydroxylation is 1. The molecule has 1 aromatic carbocycles. The van der Waals surface area contributed by atoms with E-state index in [9.17, 15) is 4.79 Å². The van der Waals surface area contributed by atoms with Gasteiger partial charge in [-0.25, -0.2) is 5.06 Å². The molecule has 5 heteroatoms. The van der Waals surface area contributed by atoms with Gasteiger partial charge in [-0.15, -0.1) is 0 Å². The Kier molecular flexibility index (Phi) is 3.63. The predicted octanol–water partition coefficient (Wildman–Crippen LogP) is 2.94. The second-order valence-corrected chi connectivity index (χ2v) is 4.87. The third-order valence-corrected chi connectivity index (χ3v) is 3.18. The monoisotopic (exact) mass is 308 g/mol. The first kappa shape index (κ1) is 13.0. The molecule has 18 heavy (non-hydrogen) atoms. The third kappa shape index (κ3) is 2.37. The van der Waals surface area contributed by atoms with Crippen LogP contribution in [0.15, 0.2) is 28.7 Å². The second-order valence-electron chi connectivity index (χ2n) is 3.96. The molecule has 0 spiro atoms. The van der Waals surface area contributed by atoms with Crippen LogP contribution < -0.4 is 0 Å². The summed E-state index contributed by atoms with van der Waals surface area (Å²) in [7, 11) is 3.05. The summed E-state index contributed by atoms with van der Waals surface area (Å²) in [5.41, 5.74) is 2.19. The number of hydrogen-bond acceptors (Lipinski definition) is 3. The average Bonchev–Trinajstić information content (AvgIpc) is 2.36. The van der Waals surface area contributed by atoms with Crippen LogP contribution in [0.3, 0.4) is 0 Å². The van der Waals surface area contributed by atoms with Gasteiger partial charge >= 0.3 is 0 Å². The molecule has 0 aliphatic rings. The number of halogens is 1. The van der Waals surface area contributed by atoms with Crippen molar-refractivity contribution in [2.45, 2.75) is 6.92 Å². The number of rotatable bonds is 2. The minimum absolute atomic E-state index is 0.189. The summed E-state index contributed by atoms with van der Waals surface area (Å²) in [4.78, 5) is 21.6. The van der Waals surface area contributed by atoms with Gasteiger partial charge in [-0.1, -0.05) is 15.9 Å². The highest BCUT2D eigenvalue weighted by atomic mass is 79.9. The quantitative estimate of drug-likeness (QED) is 0.801. The van der Waals surface area contributed by atoms with Crippen molar-refractivity contribution in [3.8, 4) is 0 Å². The van der Waals surface area contributed by atoms with E-state index in [1.54, 1.807) is 13.1 Å². The molecule has 0 fully saturated rings. The molecular weight excluding hydrogens is 296 g/mol. The molecule has 0 aliphatic carbocycles. The zero-order valence-corrected chi connectivity index (χ0v) is 12.0. The lowest BCUT2D eigenvalue weighted by Gasteiger charge is -2.15. The molecule has 0 saturated heterocycles. The Balaban J connectivity index is 2.68. The molecule has 0 atom stereocenters. The zero-order chi connectivity index (χ0) is 13.3. The van der Waals surface area contributed by atoms with Gasteiger partial charge in [-0.05, 0) is 31.2 Å². The molecule has 2 aromatic rings. The van der Waals surface area contributed by atoms with E-state index in [1.807, 2.05) is 25.1 Å². The first-order chi connectivity index (χ1) is 8.52. The lowest BCUT2D eigenvalue weighted by molar-refractivity contribution is -0.0755. The van der Waals surface area contributed by atoms with Crippen LogP contribution in [0.2, 0.25) is 0 Å². The molecule has 0 unspecified atom stereocenters. The number of aromatic nitrogens is 1. The van der Waals surface area contributed by atoms with Gasteiger partial charge in [-0.3, -0.25) is 14.6 Å². The van der Waals surface area contributed by atoms with E-state index < -0.39 is 0 Å². The van der Waals surface area contributed by atoms with Gasteiger partial charge in [0, 0.05) is 22.6 Å². The van der Waals surface area contributed by atoms with Crippen LogP contribution in [-0.4, -0.2) is 30.1 Å². The van der Waals surface area contributed by atoms with E-state index in [-0.39, 0.29) is 5.91 Å². The van der Waals surface area contributed by atoms with Crippen LogP contribution in [0.25, 0.3) is 10.9 Å². The van der Waals surface area contributed by atoms with Crippen molar-refractivity contribution >= 4 is 32.7 Å². The molecule has 1 heterocycles. The fourth-order valence-corrected chi connectivity index (χ4v) is 2.12. The summed E-state index contributed by atoms with van der Waals surface area (Å²) < 4.78 is 0.912. The number of fused-ring (bicyclic) bond motifs is 1. The number of benzene rings is 1. The van der Waals surface area contributed by atoms with Crippen LogP contribution in [-0.2, 0) is 4.84 Å². The number of carbonyl (C=O) groups excluding carboxylic acids is 1. The number of carbonyl (C=O) groups is 1. The summed E-state index contributed by atoms with van der Waals surface area (Å²) in [6.07, 6.45) is 0. The molecule has 4 nitrogen and oxygen atoms in total. The minimum Gasteiger partial charge on any atom is -0.274 e. The first-order valence-electron chi connectivity index (χ1n) is 5.42. The van der Waals surface area contributed by atoms with E-state index in [4.69, 9.17) is 4.84 Å². The number of hydroxylamine groups is 2. The maximum absolute atomic E-state index is 12.2. The molecule has 0 radical (unpaired) electrons. The predicted molar refractivity (Wildman–Crippen MR) is 73.3 cm³/mol. The third-order valence-electron chi connectivity index (χ3n) is 2.69. The summed E-state index contributed by atoms with van der Waals surface area (Å²) in [6.45, 7) is 1.87. The van der Waals surface area contributed by atoms with E-state index in [0.717, 1.165) is 21.1 Å². The van der Waals surface area contributed by atoms with Gasteiger partial charge < -0.3 is 0 Å². The molecule has 0 saturated carbocycles. The van der Waals surface area contributed by atoms with Crippen molar-refractivity contribution in [1.82, 2.24) is 10.0 Å². The highest BCUT2D eigenvalue weighted by molar-refractivity contribution is 9.10. The molecule has 0 aliphatic heterocycles. The Hall–Kier alpha value is -1.46. The topological polar surface area (TPSA) is 42.4 Å². The van der Waals surface area contributed by atoms with Gasteiger partial charge in [0.05, 0.1) is 18.2 Å². The summed E-state index contributed by atoms with van der Waals surface area (Å²) in [5.74, 6) is -0.189. The fraction of sp³-hybridized carbons (Fsp3) is 0.231. The van der Waals surface area contributed by atoms with Gasteiger partial charge in [0.15, 0.2) is 0 Å². The Morgan fingerprint density at radius 3 is 2.78 bits per heavy atom. The Morgan fingerprint density at radius 2 is 2.11 bits per heavy atom. The van der Waals surface area contributed by atoms with Crippen LogP contribution in [0.5, 0.6) is 0 Å². The highest BCUT2D eigenvalue weighted by Crippen LogP contribution is 2.23. The first-order valence-corrected chi connectivity index (χ1v) is 6.21. The van der Waals surface area contributed by atoms with Crippen molar-refractivity contribution in [1.29, 1.82) is 0 Å². The van der Waals surface area contributed by atoms with E-state index in [1.165, 1.54) is 12.2 Å². The standard InChI is InChI=1S/C13H13BrN2O2/c1-8-6-11(13(17)16(2)18-3)10-7-9(14)4-5-12(10)15-8/h4-7H,1-3H3. The molecule has 2 rings (SSSR count). The normalized spacial score (nSPS) is 10.7. The zero-order valence-electron chi connectivity index (χ0n) is 10.4. The van der Waals surface area contributed by atoms with Crippen LogP contribution in [0.1, 0.15) is 16.1 Å². The summed E-state index contributed by atoms with van der Waals surface area (Å²) >= 11 is 3.40. The van der Waals surface area contributed by atoms with E-state index >= 15 is 0 Å². The van der Waals surface area contributed by atoms with Crippen LogP contribution >= 0.6 is 15.9 Å². The second kappa shape index (κ2) is 5.04. The molecular formula is C13H13BrN2O2. The molecule has 94 valence electrons. The number of nitrogens with zero attached hydrogens (tertiary/aromatic N) is 2. The molecule has 1 aromatic heterocycles. The minimum atomic E-state index is -0.189. The Morgan fingerprint density at radius 1 is 1.39 bits per heavy atom. The fourth-order valence-electron chi connectivity index (χ4n) is 1.76. The van der Waals surface area contributed by atoms with Gasteiger partial charge in [0.2, 0.25) is 0 Å². The largest absolute Gasteiger partial charge is 0.277 e. The Labute approximate surface area is 114 Å². The lowest BCUT2D eigenvalue weighted by Crippen LogP contribution is -2.25. The van der Waals surface area contributed by atoms with Crippen molar-refractivity contribution in [3.05, 3.63) is 40.0 Å². The van der Waals surface area contributed by atoms with Gasteiger partial charge in [-0.2, -0.15) is 0 Å². The van der Waals surface area contributed by atoms with Crippen molar-refractivity contribution in [2.24, 2.45) is 0 Å². The van der Waals surface area contributed by atoms with Crippen LogP contribution in [0.4, 0.5) is 0 Å². The molecule has 0 N–H and O–H groups in total. The summed E-state index contributed by atoms with van der Waals surface area (Å²) in [6, 6.07) is 7.45.